The molecule has 7 nitrogen and oxygen atoms in total. The molecule has 8 heteroatoms. The predicted octanol–water partition coefficient (Wildman–Crippen LogP) is 2.54. The van der Waals surface area contributed by atoms with Crippen LogP contribution < -0.4 is 11.0 Å². The third-order valence-corrected chi connectivity index (χ3v) is 5.22. The van der Waals surface area contributed by atoms with Gasteiger partial charge in [0.15, 0.2) is 5.75 Å². The van der Waals surface area contributed by atoms with Crippen LogP contribution >= 0.6 is 11.3 Å². The quantitative estimate of drug-likeness (QED) is 0.547. The number of hydrogen-bond acceptors (Lipinski definition) is 6. The van der Waals surface area contributed by atoms with E-state index in [2.05, 4.69) is 15.6 Å². The second-order valence-corrected chi connectivity index (χ2v) is 6.96. The molecule has 2 heterocycles. The van der Waals surface area contributed by atoms with Crippen molar-refractivity contribution in [3.8, 4) is 16.9 Å². The molecule has 0 radical (unpaired) electrons. The fourth-order valence-electron chi connectivity index (χ4n) is 2.75. The average molecular weight is 370 g/mol. The summed E-state index contributed by atoms with van der Waals surface area (Å²) in [4.78, 5) is 24.7. The number of nitrogens with one attached hydrogen (secondary N) is 1. The maximum absolute atomic E-state index is 12.8. The highest BCUT2D eigenvalue weighted by Crippen LogP contribution is 2.41. The lowest BCUT2D eigenvalue weighted by atomic mass is 10.0. The number of rotatable bonds is 3. The van der Waals surface area contributed by atoms with Crippen molar-refractivity contribution in [1.82, 2.24) is 15.2 Å². The van der Waals surface area contributed by atoms with Crippen LogP contribution in [-0.2, 0) is 11.8 Å². The molecule has 0 saturated carbocycles. The summed E-state index contributed by atoms with van der Waals surface area (Å²) in [7, 11) is 1.55. The smallest absolute Gasteiger partial charge is 0.278 e. The first-order valence-corrected chi connectivity index (χ1v) is 8.73. The number of aromatic nitrogens is 2. The zero-order valence-corrected chi connectivity index (χ0v) is 15.6. The number of benzene rings is 1. The molecule has 1 aromatic carbocycles. The van der Waals surface area contributed by atoms with E-state index in [1.165, 1.54) is 22.9 Å². The van der Waals surface area contributed by atoms with Gasteiger partial charge in [-0.1, -0.05) is 18.2 Å². The zero-order chi connectivity index (χ0) is 19.0. The highest BCUT2D eigenvalue weighted by Gasteiger charge is 2.23. The molecule has 0 aliphatic carbocycles. The van der Waals surface area contributed by atoms with Gasteiger partial charge in [0, 0.05) is 29.6 Å². The number of aromatic hydroxyl groups is 1. The summed E-state index contributed by atoms with van der Waals surface area (Å²) in [6, 6.07) is 7.61. The van der Waals surface area contributed by atoms with E-state index in [-0.39, 0.29) is 17.2 Å². The Kier molecular flexibility index (Phi) is 4.60. The first-order valence-electron chi connectivity index (χ1n) is 7.91. The fourth-order valence-corrected chi connectivity index (χ4v) is 3.90. The SMILES string of the molecule is CC(=O)NN=C(C)c1sc2ccccc2c1-c1c(O)c(C)nn(C)c1=O. The second kappa shape index (κ2) is 6.72. The van der Waals surface area contributed by atoms with Gasteiger partial charge < -0.3 is 5.11 Å². The Morgan fingerprint density at radius 1 is 1.27 bits per heavy atom. The molecule has 0 atom stereocenters. The highest BCUT2D eigenvalue weighted by atomic mass is 32.1. The Hall–Kier alpha value is -3.00. The van der Waals surface area contributed by atoms with Crippen molar-refractivity contribution >= 4 is 33.0 Å². The Balaban J connectivity index is 2.40. The molecule has 2 N–H and O–H groups in total. The number of thiophene rings is 1. The van der Waals surface area contributed by atoms with E-state index in [1.54, 1.807) is 20.9 Å². The number of amides is 1. The molecule has 0 fully saturated rings. The minimum atomic E-state index is -0.398. The maximum Gasteiger partial charge on any atom is 0.278 e. The summed E-state index contributed by atoms with van der Waals surface area (Å²) >= 11 is 1.45. The van der Waals surface area contributed by atoms with Gasteiger partial charge in [0.25, 0.3) is 5.56 Å². The van der Waals surface area contributed by atoms with Gasteiger partial charge in [-0.2, -0.15) is 10.2 Å². The monoisotopic (exact) mass is 370 g/mol. The molecule has 3 aromatic rings. The van der Waals surface area contributed by atoms with Gasteiger partial charge in [-0.3, -0.25) is 9.59 Å². The normalized spacial score (nSPS) is 11.8. The summed E-state index contributed by atoms with van der Waals surface area (Å²) in [5, 5.41) is 19.5. The Morgan fingerprint density at radius 2 is 1.96 bits per heavy atom. The highest BCUT2D eigenvalue weighted by molar-refractivity contribution is 7.21. The lowest BCUT2D eigenvalue weighted by Gasteiger charge is -2.10. The topological polar surface area (TPSA) is 96.6 Å². The first kappa shape index (κ1) is 17.8. The van der Waals surface area contributed by atoms with E-state index < -0.39 is 5.56 Å². The summed E-state index contributed by atoms with van der Waals surface area (Å²) in [5.41, 5.74) is 3.71. The van der Waals surface area contributed by atoms with Crippen molar-refractivity contribution < 1.29 is 9.90 Å². The van der Waals surface area contributed by atoms with Gasteiger partial charge in [0.05, 0.1) is 16.2 Å². The number of nitrogens with zero attached hydrogens (tertiary/aromatic N) is 3. The van der Waals surface area contributed by atoms with Crippen LogP contribution in [0.5, 0.6) is 5.75 Å². The lowest BCUT2D eigenvalue weighted by Crippen LogP contribution is -2.23. The van der Waals surface area contributed by atoms with Gasteiger partial charge in [0.2, 0.25) is 5.91 Å². The van der Waals surface area contributed by atoms with E-state index in [9.17, 15) is 14.7 Å². The van der Waals surface area contributed by atoms with Crippen LogP contribution in [0.2, 0.25) is 0 Å². The molecule has 26 heavy (non-hydrogen) atoms. The standard InChI is InChI=1S/C18H18N4O3S/c1-9-16(24)15(18(25)22(4)21-9)14-12-7-5-6-8-13(12)26-17(14)10(2)19-20-11(3)23/h5-8,24H,1-4H3,(H,20,23). The van der Waals surface area contributed by atoms with Crippen LogP contribution in [0.25, 0.3) is 21.2 Å². The summed E-state index contributed by atoms with van der Waals surface area (Å²) in [6.45, 7) is 4.76. The average Bonchev–Trinajstić information content (AvgIpc) is 2.98. The molecule has 2 aromatic heterocycles. The first-order chi connectivity index (χ1) is 12.3. The Labute approximate surface area is 153 Å². The zero-order valence-electron chi connectivity index (χ0n) is 14.8. The fraction of sp³-hybridized carbons (Fsp3) is 0.222. The molecular formula is C18H18N4O3S. The van der Waals surface area contributed by atoms with Crippen LogP contribution in [0.4, 0.5) is 0 Å². The number of carbonyl (C=O) groups is 1. The van der Waals surface area contributed by atoms with Gasteiger partial charge in [-0.05, 0) is 19.9 Å². The van der Waals surface area contributed by atoms with Crippen molar-refractivity contribution in [1.29, 1.82) is 0 Å². The summed E-state index contributed by atoms with van der Waals surface area (Å²) < 4.78 is 2.16. The van der Waals surface area contributed by atoms with E-state index in [0.717, 1.165) is 10.1 Å². The van der Waals surface area contributed by atoms with Crippen LogP contribution in [0.15, 0.2) is 34.2 Å². The third kappa shape index (κ3) is 2.99. The molecule has 0 saturated heterocycles. The molecule has 0 spiro atoms. The van der Waals surface area contributed by atoms with Crippen molar-refractivity contribution in [3.63, 3.8) is 0 Å². The van der Waals surface area contributed by atoms with E-state index >= 15 is 0 Å². The number of aryl methyl sites for hydroxylation is 2. The summed E-state index contributed by atoms with van der Waals surface area (Å²) in [5.74, 6) is -0.434. The minimum absolute atomic E-state index is 0.148. The Bertz CT molecular complexity index is 1110. The van der Waals surface area contributed by atoms with Crippen LogP contribution in [-0.4, -0.2) is 26.5 Å². The number of fused-ring (bicyclic) bond motifs is 1. The Morgan fingerprint density at radius 3 is 2.65 bits per heavy atom. The van der Waals surface area contributed by atoms with E-state index in [4.69, 9.17) is 0 Å². The minimum Gasteiger partial charge on any atom is -0.505 e. The molecule has 1 amide bonds. The molecular weight excluding hydrogens is 352 g/mol. The number of hydrogen-bond donors (Lipinski definition) is 2. The van der Waals surface area contributed by atoms with Gasteiger partial charge in [0.1, 0.15) is 5.69 Å². The van der Waals surface area contributed by atoms with Crippen molar-refractivity contribution in [3.05, 3.63) is 45.2 Å². The molecule has 0 aliphatic heterocycles. The van der Waals surface area contributed by atoms with Crippen molar-refractivity contribution in [2.45, 2.75) is 20.8 Å². The molecule has 0 unspecified atom stereocenters. The number of carbonyl (C=O) groups excluding carboxylic acids is 1. The molecule has 3 rings (SSSR count). The van der Waals surface area contributed by atoms with Gasteiger partial charge in [-0.15, -0.1) is 11.3 Å². The third-order valence-electron chi connectivity index (χ3n) is 3.94. The van der Waals surface area contributed by atoms with Crippen molar-refractivity contribution in [2.24, 2.45) is 12.1 Å². The summed E-state index contributed by atoms with van der Waals surface area (Å²) in [6.07, 6.45) is 0. The van der Waals surface area contributed by atoms with Crippen LogP contribution in [0.1, 0.15) is 24.4 Å². The number of hydrazone groups is 1. The van der Waals surface area contributed by atoms with Crippen LogP contribution in [0, 0.1) is 6.92 Å². The largest absolute Gasteiger partial charge is 0.505 e. The molecule has 0 bridgehead atoms. The van der Waals surface area contributed by atoms with Gasteiger partial charge in [-0.25, -0.2) is 10.1 Å². The van der Waals surface area contributed by atoms with Crippen LogP contribution in [0.3, 0.4) is 0 Å². The van der Waals surface area contributed by atoms with E-state index in [0.29, 0.717) is 21.8 Å². The van der Waals surface area contributed by atoms with Crippen molar-refractivity contribution in [2.75, 3.05) is 0 Å². The predicted molar refractivity (Wildman–Crippen MR) is 103 cm³/mol. The van der Waals surface area contributed by atoms with Gasteiger partial charge >= 0.3 is 0 Å². The lowest BCUT2D eigenvalue weighted by molar-refractivity contribution is -0.118. The maximum atomic E-state index is 12.8. The second-order valence-electron chi connectivity index (χ2n) is 5.91. The molecule has 134 valence electrons. The molecule has 0 aliphatic rings. The van der Waals surface area contributed by atoms with E-state index in [1.807, 2.05) is 24.3 Å².